The zero-order valence-corrected chi connectivity index (χ0v) is 17.9. The van der Waals surface area contributed by atoms with E-state index in [0.29, 0.717) is 15.6 Å². The lowest BCUT2D eigenvalue weighted by molar-refractivity contribution is 0.0624. The van der Waals surface area contributed by atoms with E-state index in [1.165, 1.54) is 30.3 Å². The maximum atomic E-state index is 12.7. The second kappa shape index (κ2) is 8.57. The van der Waals surface area contributed by atoms with Crippen molar-refractivity contribution < 1.29 is 18.3 Å². The molecule has 0 aliphatic carbocycles. The van der Waals surface area contributed by atoms with E-state index in [4.69, 9.17) is 23.2 Å². The van der Waals surface area contributed by atoms with Crippen LogP contribution in [0.3, 0.4) is 0 Å². The number of hydrogen-bond donors (Lipinski definition) is 3. The van der Waals surface area contributed by atoms with Crippen LogP contribution in [0.25, 0.3) is 0 Å². The van der Waals surface area contributed by atoms with Crippen LogP contribution in [0.2, 0.25) is 10.0 Å². The van der Waals surface area contributed by atoms with Gasteiger partial charge >= 0.3 is 6.09 Å². The second-order valence-electron chi connectivity index (χ2n) is 6.98. The van der Waals surface area contributed by atoms with Gasteiger partial charge in [-0.05, 0) is 62.7 Å². The molecule has 0 bridgehead atoms. The van der Waals surface area contributed by atoms with E-state index in [1.54, 1.807) is 32.9 Å². The molecule has 0 saturated carbocycles. The number of anilines is 1. The molecule has 0 fully saturated rings. The van der Waals surface area contributed by atoms with E-state index in [9.17, 15) is 18.3 Å². The number of rotatable bonds is 6. The molecule has 10 heteroatoms. The smallest absolute Gasteiger partial charge is 0.422 e. The summed E-state index contributed by atoms with van der Waals surface area (Å²) in [7, 11) is -3.88. The summed E-state index contributed by atoms with van der Waals surface area (Å²) < 4.78 is 27.8. The van der Waals surface area contributed by atoms with E-state index < -0.39 is 21.7 Å². The molecular weight excluding hydrogens is 425 g/mol. The van der Waals surface area contributed by atoms with E-state index in [2.05, 4.69) is 10.1 Å². The monoisotopic (exact) mass is 445 g/mol. The Bertz CT molecular complexity index is 958. The molecule has 0 heterocycles. The first-order valence-corrected chi connectivity index (χ1v) is 10.5. The third kappa shape index (κ3) is 5.75. The van der Waals surface area contributed by atoms with Gasteiger partial charge in [-0.3, -0.25) is 4.72 Å². The van der Waals surface area contributed by atoms with Crippen molar-refractivity contribution in [2.24, 2.45) is 0 Å². The van der Waals surface area contributed by atoms with Crippen LogP contribution >= 0.6 is 23.2 Å². The maximum Gasteiger partial charge on any atom is 0.422 e. The van der Waals surface area contributed by atoms with Gasteiger partial charge in [0.1, 0.15) is 0 Å². The number of nitrogens with one attached hydrogen (secondary N) is 2. The third-order valence-corrected chi connectivity index (χ3v) is 5.60. The van der Waals surface area contributed by atoms with Crippen LogP contribution < -0.4 is 10.1 Å². The SMILES string of the molecule is CC(C)(C)N(NCc1ccc(Cl)cc1NS(=O)(=O)c1ccc(Cl)cc1)C(=O)O. The Morgan fingerprint density at radius 2 is 1.64 bits per heavy atom. The highest BCUT2D eigenvalue weighted by atomic mass is 35.5. The molecule has 0 aliphatic heterocycles. The highest BCUT2D eigenvalue weighted by Gasteiger charge is 2.26. The molecule has 28 heavy (non-hydrogen) atoms. The van der Waals surface area contributed by atoms with Crippen molar-refractivity contribution in [2.45, 2.75) is 37.8 Å². The van der Waals surface area contributed by atoms with E-state index in [0.717, 1.165) is 5.01 Å². The van der Waals surface area contributed by atoms with Crippen molar-refractivity contribution in [2.75, 3.05) is 4.72 Å². The average Bonchev–Trinajstić information content (AvgIpc) is 2.55. The fourth-order valence-corrected chi connectivity index (χ4v) is 3.76. The number of nitrogens with zero attached hydrogens (tertiary/aromatic N) is 1. The van der Waals surface area contributed by atoms with Gasteiger partial charge in [0, 0.05) is 16.6 Å². The number of benzene rings is 2. The van der Waals surface area contributed by atoms with Crippen molar-refractivity contribution in [1.82, 2.24) is 10.4 Å². The van der Waals surface area contributed by atoms with E-state index in [1.807, 2.05) is 0 Å². The highest BCUT2D eigenvalue weighted by Crippen LogP contribution is 2.25. The summed E-state index contributed by atoms with van der Waals surface area (Å²) in [6.07, 6.45) is -1.15. The number of hydrogen-bond acceptors (Lipinski definition) is 4. The molecular formula is C18H21Cl2N3O4S. The number of carboxylic acid groups (broad SMARTS) is 1. The summed E-state index contributed by atoms with van der Waals surface area (Å²) >= 11 is 11.8. The predicted molar refractivity (Wildman–Crippen MR) is 110 cm³/mol. The summed E-state index contributed by atoms with van der Waals surface area (Å²) in [4.78, 5) is 11.5. The lowest BCUT2D eigenvalue weighted by Gasteiger charge is -2.33. The van der Waals surface area contributed by atoms with Crippen molar-refractivity contribution >= 4 is 45.0 Å². The second-order valence-corrected chi connectivity index (χ2v) is 9.54. The Morgan fingerprint density at radius 1 is 1.07 bits per heavy atom. The molecule has 3 N–H and O–H groups in total. The van der Waals surface area contributed by atoms with Crippen molar-refractivity contribution in [3.8, 4) is 0 Å². The van der Waals surface area contributed by atoms with Crippen LogP contribution in [0.4, 0.5) is 10.5 Å². The van der Waals surface area contributed by atoms with Crippen molar-refractivity contribution in [3.05, 3.63) is 58.1 Å². The molecule has 0 atom stereocenters. The molecule has 2 rings (SSSR count). The van der Waals surface area contributed by atoms with Gasteiger partial charge in [-0.25, -0.2) is 23.6 Å². The van der Waals surface area contributed by atoms with Crippen molar-refractivity contribution in [1.29, 1.82) is 0 Å². The summed E-state index contributed by atoms with van der Waals surface area (Å²) in [5, 5.41) is 11.2. The Balaban J connectivity index is 2.29. The summed E-state index contributed by atoms with van der Waals surface area (Å²) in [5.41, 5.74) is 2.88. The van der Waals surface area contributed by atoms with E-state index >= 15 is 0 Å². The first-order chi connectivity index (χ1) is 12.9. The molecule has 0 saturated heterocycles. The molecule has 0 aliphatic rings. The van der Waals surface area contributed by atoms with Gasteiger partial charge in [0.25, 0.3) is 10.0 Å². The van der Waals surface area contributed by atoms with Gasteiger partial charge in [-0.2, -0.15) is 0 Å². The third-order valence-electron chi connectivity index (χ3n) is 3.73. The Hall–Kier alpha value is -2.00. The molecule has 0 spiro atoms. The molecule has 152 valence electrons. The fourth-order valence-electron chi connectivity index (χ4n) is 2.37. The minimum Gasteiger partial charge on any atom is -0.464 e. The zero-order chi connectivity index (χ0) is 21.1. The summed E-state index contributed by atoms with van der Waals surface area (Å²) in [5.74, 6) is 0. The largest absolute Gasteiger partial charge is 0.464 e. The first-order valence-electron chi connectivity index (χ1n) is 8.23. The van der Waals surface area contributed by atoms with Gasteiger partial charge in [-0.15, -0.1) is 0 Å². The molecule has 2 aromatic carbocycles. The molecule has 1 amide bonds. The zero-order valence-electron chi connectivity index (χ0n) is 15.5. The lowest BCUT2D eigenvalue weighted by atomic mass is 10.1. The van der Waals surface area contributed by atoms with Gasteiger partial charge in [-0.1, -0.05) is 29.3 Å². The standard InChI is InChI=1S/C18H21Cl2N3O4S/c1-18(2,3)23(17(24)25)21-11-12-4-5-14(20)10-16(12)22-28(26,27)15-8-6-13(19)7-9-15/h4-10,21-22H,11H2,1-3H3,(H,24,25). The van der Waals surface area contributed by atoms with E-state index in [-0.39, 0.29) is 17.1 Å². The Morgan fingerprint density at radius 3 is 2.18 bits per heavy atom. The number of carbonyl (C=O) groups is 1. The van der Waals surface area contributed by atoms with Gasteiger partial charge < -0.3 is 5.11 Å². The topological polar surface area (TPSA) is 98.7 Å². The normalized spacial score (nSPS) is 11.9. The molecule has 0 unspecified atom stereocenters. The van der Waals surface area contributed by atoms with Crippen LogP contribution in [0.15, 0.2) is 47.4 Å². The van der Waals surface area contributed by atoms with Crippen molar-refractivity contribution in [3.63, 3.8) is 0 Å². The number of sulfonamides is 1. The molecule has 0 aromatic heterocycles. The van der Waals surface area contributed by atoms with Gasteiger partial charge in [0.2, 0.25) is 0 Å². The van der Waals surface area contributed by atoms with Crippen LogP contribution in [0, 0.1) is 0 Å². The van der Waals surface area contributed by atoms with Gasteiger partial charge in [0.05, 0.1) is 16.1 Å². The van der Waals surface area contributed by atoms with Crippen LogP contribution in [-0.2, 0) is 16.6 Å². The Labute approximate surface area is 174 Å². The number of halogens is 2. The predicted octanol–water partition coefficient (Wildman–Crippen LogP) is 4.58. The van der Waals surface area contributed by atoms with Gasteiger partial charge in [0.15, 0.2) is 0 Å². The first kappa shape index (κ1) is 22.3. The Kier molecular flexibility index (Phi) is 6.82. The highest BCUT2D eigenvalue weighted by molar-refractivity contribution is 7.92. The summed E-state index contributed by atoms with van der Waals surface area (Å²) in [6.45, 7) is 5.28. The molecule has 2 aromatic rings. The summed E-state index contributed by atoms with van der Waals surface area (Å²) in [6, 6.07) is 10.4. The molecule has 0 radical (unpaired) electrons. The number of hydrazine groups is 1. The fraction of sp³-hybridized carbons (Fsp3) is 0.278. The minimum absolute atomic E-state index is 0.0395. The molecule has 7 nitrogen and oxygen atoms in total. The van der Waals surface area contributed by atoms with Crippen LogP contribution in [-0.4, -0.2) is 30.2 Å². The van der Waals surface area contributed by atoms with Crippen LogP contribution in [0.5, 0.6) is 0 Å². The lowest BCUT2D eigenvalue weighted by Crippen LogP contribution is -2.53. The maximum absolute atomic E-state index is 12.7. The number of amides is 1. The minimum atomic E-state index is -3.88. The average molecular weight is 446 g/mol. The quantitative estimate of drug-likeness (QED) is 0.565. The van der Waals surface area contributed by atoms with Crippen LogP contribution in [0.1, 0.15) is 26.3 Å².